The van der Waals surface area contributed by atoms with E-state index in [0.717, 1.165) is 13.0 Å². The van der Waals surface area contributed by atoms with Crippen molar-refractivity contribution in [3.63, 3.8) is 0 Å². The van der Waals surface area contributed by atoms with Crippen molar-refractivity contribution >= 4 is 5.96 Å². The van der Waals surface area contributed by atoms with Crippen LogP contribution in [0.2, 0.25) is 0 Å². The Balaban J connectivity index is 2.13. The molecule has 1 heterocycles. The molecule has 2 rings (SSSR count). The molecule has 0 radical (unpaired) electrons. The van der Waals surface area contributed by atoms with E-state index in [1.165, 1.54) is 0 Å². The second-order valence-electron chi connectivity index (χ2n) is 5.39. The number of aliphatic imine (C=N–C) groups is 1. The first-order valence-electron chi connectivity index (χ1n) is 5.57. The predicted molar refractivity (Wildman–Crippen MR) is 60.7 cm³/mol. The van der Waals surface area contributed by atoms with E-state index >= 15 is 0 Å². The van der Waals surface area contributed by atoms with Gasteiger partial charge in [0.15, 0.2) is 5.96 Å². The molecule has 0 amide bonds. The molecular formula is C11H21N3O. The molecule has 4 nitrogen and oxygen atoms in total. The molecule has 0 aromatic rings. The maximum atomic E-state index is 5.87. The van der Waals surface area contributed by atoms with Crippen LogP contribution in [0.5, 0.6) is 0 Å². The number of hydrogen-bond donors (Lipinski definition) is 1. The van der Waals surface area contributed by atoms with Crippen molar-refractivity contribution < 1.29 is 4.74 Å². The van der Waals surface area contributed by atoms with Crippen molar-refractivity contribution in [1.82, 2.24) is 4.90 Å². The van der Waals surface area contributed by atoms with Crippen molar-refractivity contribution in [2.45, 2.75) is 32.4 Å². The standard InChI is InChI=1S/C11H21N3O/c1-11(2)8(13-10(12)14(3)4)7-5-6-15-9(7)11/h7-9H,5-6H2,1-4H3,(H2,12,13). The summed E-state index contributed by atoms with van der Waals surface area (Å²) in [6.07, 6.45) is 1.52. The Bertz CT molecular complexity index is 286. The van der Waals surface area contributed by atoms with Crippen LogP contribution in [0, 0.1) is 11.3 Å². The van der Waals surface area contributed by atoms with E-state index in [4.69, 9.17) is 10.5 Å². The van der Waals surface area contributed by atoms with Gasteiger partial charge in [-0.3, -0.25) is 0 Å². The highest BCUT2D eigenvalue weighted by Crippen LogP contribution is 2.53. The molecule has 1 saturated carbocycles. The Morgan fingerprint density at radius 1 is 1.47 bits per heavy atom. The van der Waals surface area contributed by atoms with Gasteiger partial charge >= 0.3 is 0 Å². The summed E-state index contributed by atoms with van der Waals surface area (Å²) in [5.74, 6) is 1.21. The van der Waals surface area contributed by atoms with Gasteiger partial charge in [0.25, 0.3) is 0 Å². The summed E-state index contributed by atoms with van der Waals surface area (Å²) in [6.45, 7) is 5.32. The topological polar surface area (TPSA) is 50.8 Å². The molecule has 0 aromatic carbocycles. The number of rotatable bonds is 1. The number of nitrogens with two attached hydrogens (primary N) is 1. The predicted octanol–water partition coefficient (Wildman–Crippen LogP) is 0.676. The molecule has 3 unspecified atom stereocenters. The molecule has 1 aliphatic carbocycles. The molecule has 15 heavy (non-hydrogen) atoms. The highest BCUT2D eigenvalue weighted by Gasteiger charge is 2.59. The number of hydrogen-bond acceptors (Lipinski definition) is 2. The van der Waals surface area contributed by atoms with E-state index in [1.54, 1.807) is 0 Å². The van der Waals surface area contributed by atoms with Gasteiger partial charge in [0.1, 0.15) is 0 Å². The first kappa shape index (κ1) is 10.7. The summed E-state index contributed by atoms with van der Waals surface area (Å²) in [5.41, 5.74) is 6.01. The van der Waals surface area contributed by atoms with Crippen molar-refractivity contribution in [3.05, 3.63) is 0 Å². The molecule has 4 heteroatoms. The Hall–Kier alpha value is -0.770. The lowest BCUT2D eigenvalue weighted by Crippen LogP contribution is -2.59. The molecule has 0 bridgehead atoms. The van der Waals surface area contributed by atoms with Gasteiger partial charge in [0, 0.05) is 32.0 Å². The molecule has 3 atom stereocenters. The van der Waals surface area contributed by atoms with Crippen LogP contribution >= 0.6 is 0 Å². The Morgan fingerprint density at radius 3 is 2.73 bits per heavy atom. The fourth-order valence-corrected chi connectivity index (χ4v) is 2.82. The summed E-state index contributed by atoms with van der Waals surface area (Å²) < 4.78 is 5.72. The lowest BCUT2D eigenvalue weighted by molar-refractivity contribution is -0.0987. The van der Waals surface area contributed by atoms with Crippen LogP contribution in [0.3, 0.4) is 0 Å². The zero-order chi connectivity index (χ0) is 11.2. The summed E-state index contributed by atoms with van der Waals surface area (Å²) in [7, 11) is 3.85. The first-order chi connectivity index (χ1) is 6.94. The monoisotopic (exact) mass is 211 g/mol. The number of fused-ring (bicyclic) bond motifs is 1. The average molecular weight is 211 g/mol. The molecule has 2 N–H and O–H groups in total. The fraction of sp³-hybridized carbons (Fsp3) is 0.909. The van der Waals surface area contributed by atoms with Crippen LogP contribution in [0.15, 0.2) is 4.99 Å². The third-order valence-electron chi connectivity index (χ3n) is 3.77. The largest absolute Gasteiger partial charge is 0.377 e. The summed E-state index contributed by atoms with van der Waals surface area (Å²) in [6, 6.07) is 0.326. The zero-order valence-electron chi connectivity index (χ0n) is 10.0. The van der Waals surface area contributed by atoms with Crippen LogP contribution in [-0.4, -0.2) is 43.7 Å². The summed E-state index contributed by atoms with van der Waals surface area (Å²) in [5, 5.41) is 0. The van der Waals surface area contributed by atoms with Crippen molar-refractivity contribution in [2.75, 3.05) is 20.7 Å². The SMILES string of the molecule is CN(C)C(N)=NC1C2CCOC2C1(C)C. The lowest BCUT2D eigenvalue weighted by Gasteiger charge is -2.52. The van der Waals surface area contributed by atoms with Gasteiger partial charge in [-0.1, -0.05) is 13.8 Å². The van der Waals surface area contributed by atoms with E-state index < -0.39 is 0 Å². The van der Waals surface area contributed by atoms with E-state index in [-0.39, 0.29) is 5.41 Å². The van der Waals surface area contributed by atoms with Crippen LogP contribution in [0.4, 0.5) is 0 Å². The second kappa shape index (κ2) is 3.37. The molecule has 2 aliphatic rings. The minimum atomic E-state index is 0.141. The highest BCUT2D eigenvalue weighted by atomic mass is 16.5. The maximum Gasteiger partial charge on any atom is 0.191 e. The van der Waals surface area contributed by atoms with Gasteiger partial charge in [0.05, 0.1) is 12.1 Å². The van der Waals surface area contributed by atoms with Crippen LogP contribution < -0.4 is 5.73 Å². The van der Waals surface area contributed by atoms with E-state index in [9.17, 15) is 0 Å². The van der Waals surface area contributed by atoms with Crippen LogP contribution in [0.25, 0.3) is 0 Å². The van der Waals surface area contributed by atoms with E-state index in [1.807, 2.05) is 19.0 Å². The third kappa shape index (κ3) is 1.51. The molecule has 86 valence electrons. The molecule has 0 aromatic heterocycles. The van der Waals surface area contributed by atoms with E-state index in [2.05, 4.69) is 18.8 Å². The number of nitrogens with zero attached hydrogens (tertiary/aromatic N) is 2. The van der Waals surface area contributed by atoms with Gasteiger partial charge in [-0.05, 0) is 6.42 Å². The van der Waals surface area contributed by atoms with Crippen LogP contribution in [0.1, 0.15) is 20.3 Å². The molecule has 1 aliphatic heterocycles. The quantitative estimate of drug-likeness (QED) is 0.512. The summed E-state index contributed by atoms with van der Waals surface area (Å²) >= 11 is 0. The van der Waals surface area contributed by atoms with Gasteiger partial charge in [-0.2, -0.15) is 0 Å². The number of guanidine groups is 1. The minimum Gasteiger partial charge on any atom is -0.377 e. The Labute approximate surface area is 91.5 Å². The Morgan fingerprint density at radius 2 is 2.13 bits per heavy atom. The van der Waals surface area contributed by atoms with Gasteiger partial charge < -0.3 is 15.4 Å². The van der Waals surface area contributed by atoms with Crippen molar-refractivity contribution in [3.8, 4) is 0 Å². The second-order valence-corrected chi connectivity index (χ2v) is 5.39. The molecule has 0 spiro atoms. The average Bonchev–Trinajstić information content (AvgIpc) is 2.59. The van der Waals surface area contributed by atoms with Gasteiger partial charge in [-0.25, -0.2) is 4.99 Å². The molecular weight excluding hydrogens is 190 g/mol. The smallest absolute Gasteiger partial charge is 0.191 e. The fourth-order valence-electron chi connectivity index (χ4n) is 2.82. The lowest BCUT2D eigenvalue weighted by atomic mass is 9.57. The molecule has 1 saturated heterocycles. The molecule has 2 fully saturated rings. The Kier molecular flexibility index (Phi) is 2.41. The maximum absolute atomic E-state index is 5.87. The van der Waals surface area contributed by atoms with Gasteiger partial charge in [-0.15, -0.1) is 0 Å². The minimum absolute atomic E-state index is 0.141. The van der Waals surface area contributed by atoms with Crippen molar-refractivity contribution in [1.29, 1.82) is 0 Å². The first-order valence-corrected chi connectivity index (χ1v) is 5.57. The van der Waals surface area contributed by atoms with Crippen LogP contribution in [-0.2, 0) is 4.74 Å². The van der Waals surface area contributed by atoms with E-state index in [0.29, 0.717) is 24.0 Å². The highest BCUT2D eigenvalue weighted by molar-refractivity contribution is 5.77. The zero-order valence-corrected chi connectivity index (χ0v) is 10.0. The van der Waals surface area contributed by atoms with Crippen molar-refractivity contribution in [2.24, 2.45) is 22.1 Å². The summed E-state index contributed by atoms with van der Waals surface area (Å²) in [4.78, 5) is 6.48. The third-order valence-corrected chi connectivity index (χ3v) is 3.77. The van der Waals surface area contributed by atoms with Gasteiger partial charge in [0.2, 0.25) is 0 Å². The normalized spacial score (nSPS) is 38.4. The number of ether oxygens (including phenoxy) is 1.